The summed E-state index contributed by atoms with van der Waals surface area (Å²) >= 11 is 0. The predicted octanol–water partition coefficient (Wildman–Crippen LogP) is 7.79. The van der Waals surface area contributed by atoms with Gasteiger partial charge in [0.25, 0.3) is 0 Å². The van der Waals surface area contributed by atoms with E-state index in [0.29, 0.717) is 17.3 Å². The Labute approximate surface area is 193 Å². The molecule has 4 aromatic heterocycles. The molecule has 0 amide bonds. The smallest absolute Gasteiger partial charge is 0.230 e. The quantitative estimate of drug-likeness (QED) is 0.290. The van der Waals surface area contributed by atoms with Gasteiger partial charge in [-0.25, -0.2) is 9.97 Å². The van der Waals surface area contributed by atoms with Gasteiger partial charge in [0, 0.05) is 28.9 Å². The fraction of sp³-hybridized carbons (Fsp3) is 0.276. The first kappa shape index (κ1) is 20.1. The standard InChI is InChI=1S/C29H27N3O/c1-19(20-8-4-2-5-9-20)22-14-15-30-27(17-22)23-16-25-24-12-13-26(21-10-6-3-7-11-21)32-29(24)33-28(25)31-18-23/h3,6-7,10-20H,2,4-5,8-9H2,1H3. The molecule has 33 heavy (non-hydrogen) atoms. The molecular weight excluding hydrogens is 406 g/mol. The molecular formula is C29H27N3O. The van der Waals surface area contributed by atoms with E-state index >= 15 is 0 Å². The normalized spacial score (nSPS) is 15.8. The summed E-state index contributed by atoms with van der Waals surface area (Å²) in [6.07, 6.45) is 10.6. The molecule has 0 saturated heterocycles. The summed E-state index contributed by atoms with van der Waals surface area (Å²) in [6, 6.07) is 20.8. The van der Waals surface area contributed by atoms with E-state index in [0.717, 1.165) is 39.2 Å². The highest BCUT2D eigenvalue weighted by Crippen LogP contribution is 2.37. The lowest BCUT2D eigenvalue weighted by atomic mass is 9.78. The van der Waals surface area contributed by atoms with Crippen LogP contribution in [-0.4, -0.2) is 15.0 Å². The molecule has 0 N–H and O–H groups in total. The van der Waals surface area contributed by atoms with Crippen LogP contribution < -0.4 is 0 Å². The maximum atomic E-state index is 6.00. The van der Waals surface area contributed by atoms with Crippen molar-refractivity contribution in [1.82, 2.24) is 15.0 Å². The van der Waals surface area contributed by atoms with E-state index in [9.17, 15) is 0 Å². The van der Waals surface area contributed by atoms with Crippen LogP contribution in [0.4, 0.5) is 0 Å². The van der Waals surface area contributed by atoms with Gasteiger partial charge in [-0.1, -0.05) is 56.5 Å². The number of pyridine rings is 3. The van der Waals surface area contributed by atoms with Crippen LogP contribution in [0.3, 0.4) is 0 Å². The van der Waals surface area contributed by atoms with Crippen molar-refractivity contribution in [2.24, 2.45) is 5.92 Å². The Bertz CT molecular complexity index is 1420. The third kappa shape index (κ3) is 3.80. The van der Waals surface area contributed by atoms with Crippen molar-refractivity contribution < 1.29 is 4.42 Å². The zero-order valence-corrected chi connectivity index (χ0v) is 18.9. The zero-order valence-electron chi connectivity index (χ0n) is 18.9. The van der Waals surface area contributed by atoms with Crippen LogP contribution >= 0.6 is 0 Å². The minimum atomic E-state index is 0.555. The maximum Gasteiger partial charge on any atom is 0.230 e. The van der Waals surface area contributed by atoms with E-state index in [1.165, 1.54) is 37.7 Å². The van der Waals surface area contributed by atoms with Crippen LogP contribution in [0.5, 0.6) is 0 Å². The van der Waals surface area contributed by atoms with Crippen LogP contribution in [0, 0.1) is 5.92 Å². The van der Waals surface area contributed by atoms with Crippen LogP contribution in [-0.2, 0) is 0 Å². The van der Waals surface area contributed by atoms with Gasteiger partial charge in [0.05, 0.1) is 16.8 Å². The SMILES string of the molecule is CC(c1ccnc(-c2cnc3oc4nc(-c5ccccc5)ccc4c3c2)c1)C1CCCCC1. The maximum absolute atomic E-state index is 6.00. The molecule has 1 saturated carbocycles. The molecule has 1 aliphatic rings. The van der Waals surface area contributed by atoms with Crippen molar-refractivity contribution in [3.05, 3.63) is 78.6 Å². The van der Waals surface area contributed by atoms with E-state index in [-0.39, 0.29) is 0 Å². The topological polar surface area (TPSA) is 51.8 Å². The van der Waals surface area contributed by atoms with Gasteiger partial charge in [-0.15, -0.1) is 0 Å². The van der Waals surface area contributed by atoms with Crippen molar-refractivity contribution in [2.45, 2.75) is 44.9 Å². The highest BCUT2D eigenvalue weighted by Gasteiger charge is 2.22. The van der Waals surface area contributed by atoms with Gasteiger partial charge in [0.15, 0.2) is 0 Å². The van der Waals surface area contributed by atoms with Gasteiger partial charge in [-0.2, -0.15) is 0 Å². The van der Waals surface area contributed by atoms with Crippen LogP contribution in [0.1, 0.15) is 50.5 Å². The monoisotopic (exact) mass is 433 g/mol. The molecule has 0 radical (unpaired) electrons. The highest BCUT2D eigenvalue weighted by atomic mass is 16.3. The minimum Gasteiger partial charge on any atom is -0.419 e. The van der Waals surface area contributed by atoms with E-state index in [1.54, 1.807) is 0 Å². The lowest BCUT2D eigenvalue weighted by molar-refractivity contribution is 0.316. The Balaban J connectivity index is 1.36. The predicted molar refractivity (Wildman–Crippen MR) is 133 cm³/mol. The molecule has 4 heterocycles. The second-order valence-corrected chi connectivity index (χ2v) is 9.26. The molecule has 1 fully saturated rings. The lowest BCUT2D eigenvalue weighted by Crippen LogP contribution is -2.14. The first-order valence-electron chi connectivity index (χ1n) is 12.0. The van der Waals surface area contributed by atoms with Crippen molar-refractivity contribution >= 4 is 22.2 Å². The molecule has 0 spiro atoms. The molecule has 0 bridgehead atoms. The van der Waals surface area contributed by atoms with Gasteiger partial charge in [-0.05, 0) is 60.6 Å². The number of hydrogen-bond donors (Lipinski definition) is 0. The first-order chi connectivity index (χ1) is 16.3. The van der Waals surface area contributed by atoms with Crippen LogP contribution in [0.25, 0.3) is 44.7 Å². The summed E-state index contributed by atoms with van der Waals surface area (Å²) in [5.74, 6) is 1.33. The molecule has 1 aromatic carbocycles. The third-order valence-corrected chi connectivity index (χ3v) is 7.23. The molecule has 4 heteroatoms. The largest absolute Gasteiger partial charge is 0.419 e. The molecule has 4 nitrogen and oxygen atoms in total. The highest BCUT2D eigenvalue weighted by molar-refractivity contribution is 6.03. The van der Waals surface area contributed by atoms with Gasteiger partial charge < -0.3 is 4.42 Å². The number of benzene rings is 1. The number of rotatable bonds is 4. The average Bonchev–Trinajstić information content (AvgIpc) is 3.26. The van der Waals surface area contributed by atoms with Crippen molar-refractivity contribution in [3.63, 3.8) is 0 Å². The average molecular weight is 434 g/mol. The third-order valence-electron chi connectivity index (χ3n) is 7.23. The molecule has 1 atom stereocenters. The molecule has 1 unspecified atom stereocenters. The second-order valence-electron chi connectivity index (χ2n) is 9.26. The number of aromatic nitrogens is 3. The minimum absolute atomic E-state index is 0.555. The molecule has 1 aliphatic carbocycles. The lowest BCUT2D eigenvalue weighted by Gasteiger charge is -2.28. The first-order valence-corrected chi connectivity index (χ1v) is 12.0. The van der Waals surface area contributed by atoms with E-state index in [2.05, 4.69) is 53.3 Å². The Kier molecular flexibility index (Phi) is 5.14. The summed E-state index contributed by atoms with van der Waals surface area (Å²) in [7, 11) is 0. The summed E-state index contributed by atoms with van der Waals surface area (Å²) in [6.45, 7) is 2.37. The van der Waals surface area contributed by atoms with Gasteiger partial charge >= 0.3 is 0 Å². The van der Waals surface area contributed by atoms with Crippen molar-refractivity contribution in [3.8, 4) is 22.5 Å². The Morgan fingerprint density at radius 2 is 1.64 bits per heavy atom. The van der Waals surface area contributed by atoms with Crippen LogP contribution in [0.2, 0.25) is 0 Å². The van der Waals surface area contributed by atoms with Crippen molar-refractivity contribution in [1.29, 1.82) is 0 Å². The number of nitrogens with zero attached hydrogens (tertiary/aromatic N) is 3. The number of furan rings is 1. The van der Waals surface area contributed by atoms with E-state index in [1.807, 2.05) is 36.7 Å². The molecule has 0 aliphatic heterocycles. The van der Waals surface area contributed by atoms with Gasteiger partial charge in [-0.3, -0.25) is 4.98 Å². The summed E-state index contributed by atoms with van der Waals surface area (Å²) in [4.78, 5) is 14.0. The summed E-state index contributed by atoms with van der Waals surface area (Å²) in [5.41, 5.74) is 6.54. The van der Waals surface area contributed by atoms with E-state index in [4.69, 9.17) is 9.40 Å². The van der Waals surface area contributed by atoms with E-state index < -0.39 is 0 Å². The Hall–Kier alpha value is -3.53. The second kappa shape index (κ2) is 8.43. The van der Waals surface area contributed by atoms with Crippen molar-refractivity contribution in [2.75, 3.05) is 0 Å². The zero-order chi connectivity index (χ0) is 22.2. The fourth-order valence-electron chi connectivity index (χ4n) is 5.25. The van der Waals surface area contributed by atoms with Crippen LogP contribution in [0.15, 0.2) is 77.5 Å². The number of fused-ring (bicyclic) bond motifs is 3. The molecule has 6 rings (SSSR count). The van der Waals surface area contributed by atoms with Gasteiger partial charge in [0.2, 0.25) is 11.4 Å². The Morgan fingerprint density at radius 3 is 2.48 bits per heavy atom. The Morgan fingerprint density at radius 1 is 0.788 bits per heavy atom. The number of hydrogen-bond acceptors (Lipinski definition) is 4. The van der Waals surface area contributed by atoms with Gasteiger partial charge in [0.1, 0.15) is 0 Å². The molecule has 5 aromatic rings. The molecule has 164 valence electrons. The summed E-state index contributed by atoms with van der Waals surface area (Å²) in [5, 5.41) is 1.95. The summed E-state index contributed by atoms with van der Waals surface area (Å²) < 4.78 is 6.00. The fourth-order valence-corrected chi connectivity index (χ4v) is 5.25.